The van der Waals surface area contributed by atoms with Crippen LogP contribution in [-0.2, 0) is 27.7 Å². The lowest BCUT2D eigenvalue weighted by Crippen LogP contribution is -2.47. The summed E-state index contributed by atoms with van der Waals surface area (Å²) in [5, 5.41) is 6.31. The molecule has 0 aliphatic heterocycles. The van der Waals surface area contributed by atoms with E-state index < -0.39 is 22.0 Å². The molecule has 3 rings (SSSR count). The van der Waals surface area contributed by atoms with Gasteiger partial charge in [0.1, 0.15) is 11.8 Å². The molecule has 0 fully saturated rings. The molecule has 1 aliphatic carbocycles. The van der Waals surface area contributed by atoms with Gasteiger partial charge in [0.15, 0.2) is 5.82 Å². The highest BCUT2D eigenvalue weighted by molar-refractivity contribution is 7.89. The molecule has 1 heterocycles. The molecule has 1 amide bonds. The molecule has 0 unspecified atom stereocenters. The molecule has 0 bridgehead atoms. The molecule has 1 aliphatic rings. The number of amides is 1. The van der Waals surface area contributed by atoms with Crippen LogP contribution in [0.5, 0.6) is 0 Å². The van der Waals surface area contributed by atoms with Crippen molar-refractivity contribution in [1.82, 2.24) is 9.88 Å². The van der Waals surface area contributed by atoms with Crippen molar-refractivity contribution < 1.29 is 17.7 Å². The van der Waals surface area contributed by atoms with Crippen molar-refractivity contribution in [1.29, 1.82) is 0 Å². The lowest BCUT2D eigenvalue weighted by atomic mass is 9.92. The zero-order valence-electron chi connectivity index (χ0n) is 15.8. The first kappa shape index (κ1) is 19.6. The second kappa shape index (κ2) is 7.82. The third-order valence-electron chi connectivity index (χ3n) is 4.74. The summed E-state index contributed by atoms with van der Waals surface area (Å²) < 4.78 is 33.2. The molecule has 2 N–H and O–H groups in total. The number of sulfonamides is 1. The largest absolute Gasteiger partial charge is 0.360 e. The van der Waals surface area contributed by atoms with Crippen LogP contribution in [0.3, 0.4) is 0 Å². The van der Waals surface area contributed by atoms with Gasteiger partial charge in [-0.15, -0.1) is 0 Å². The van der Waals surface area contributed by atoms with Gasteiger partial charge in [0.25, 0.3) is 0 Å². The standard InChI is InChI=1S/C19H25N3O4S/c1-12(2)18(19(23)20-17-10-13(3)26-21-17)22-27(24,25)16-9-8-14-6-4-5-7-15(14)11-16/h8-12,18,22H,4-7H2,1-3H3,(H,20,21,23)/t18-/m0/s1. The molecule has 0 spiro atoms. The van der Waals surface area contributed by atoms with E-state index in [1.54, 1.807) is 39.0 Å². The van der Waals surface area contributed by atoms with Crippen LogP contribution in [0, 0.1) is 12.8 Å². The molecule has 27 heavy (non-hydrogen) atoms. The Bertz CT molecular complexity index is 934. The maximum absolute atomic E-state index is 12.9. The average Bonchev–Trinajstić information content (AvgIpc) is 3.03. The third-order valence-corrected chi connectivity index (χ3v) is 6.18. The quantitative estimate of drug-likeness (QED) is 0.788. The number of aryl methyl sites for hydroxylation is 3. The van der Waals surface area contributed by atoms with E-state index in [1.807, 2.05) is 6.07 Å². The van der Waals surface area contributed by atoms with Crippen molar-refractivity contribution in [2.75, 3.05) is 5.32 Å². The molecule has 0 saturated carbocycles. The number of anilines is 1. The van der Waals surface area contributed by atoms with Crippen molar-refractivity contribution in [3.63, 3.8) is 0 Å². The number of hydrogen-bond donors (Lipinski definition) is 2. The number of nitrogens with zero attached hydrogens (tertiary/aromatic N) is 1. The van der Waals surface area contributed by atoms with Gasteiger partial charge in [0, 0.05) is 6.07 Å². The Morgan fingerprint density at radius 1 is 1.15 bits per heavy atom. The molecule has 146 valence electrons. The van der Waals surface area contributed by atoms with Gasteiger partial charge in [0.2, 0.25) is 15.9 Å². The number of rotatable bonds is 6. The van der Waals surface area contributed by atoms with E-state index in [9.17, 15) is 13.2 Å². The topological polar surface area (TPSA) is 101 Å². The zero-order chi connectivity index (χ0) is 19.6. The predicted octanol–water partition coefficient (Wildman–Crippen LogP) is 2.80. The number of benzene rings is 1. The van der Waals surface area contributed by atoms with Gasteiger partial charge in [-0.1, -0.05) is 25.1 Å². The van der Waals surface area contributed by atoms with E-state index in [2.05, 4.69) is 15.2 Å². The number of nitrogens with one attached hydrogen (secondary N) is 2. The van der Waals surface area contributed by atoms with Gasteiger partial charge < -0.3 is 9.84 Å². The van der Waals surface area contributed by atoms with E-state index in [1.165, 1.54) is 5.56 Å². The Balaban J connectivity index is 1.79. The minimum Gasteiger partial charge on any atom is -0.360 e. The molecule has 1 aromatic heterocycles. The first-order valence-corrected chi connectivity index (χ1v) is 10.6. The highest BCUT2D eigenvalue weighted by Crippen LogP contribution is 2.24. The molecule has 1 aromatic carbocycles. The molecule has 2 aromatic rings. The summed E-state index contributed by atoms with van der Waals surface area (Å²) in [4.78, 5) is 12.8. The van der Waals surface area contributed by atoms with E-state index in [-0.39, 0.29) is 16.6 Å². The lowest BCUT2D eigenvalue weighted by Gasteiger charge is -2.22. The first-order chi connectivity index (χ1) is 12.8. The Morgan fingerprint density at radius 2 is 1.85 bits per heavy atom. The maximum Gasteiger partial charge on any atom is 0.244 e. The number of carbonyl (C=O) groups is 1. The Hall–Kier alpha value is -2.19. The summed E-state index contributed by atoms with van der Waals surface area (Å²) in [5.74, 6) is 0.0994. The van der Waals surface area contributed by atoms with E-state index in [0.717, 1.165) is 31.2 Å². The molecule has 0 saturated heterocycles. The van der Waals surface area contributed by atoms with Crippen LogP contribution in [0.2, 0.25) is 0 Å². The predicted molar refractivity (Wildman–Crippen MR) is 102 cm³/mol. The van der Waals surface area contributed by atoms with Crippen LogP contribution in [0.25, 0.3) is 0 Å². The summed E-state index contributed by atoms with van der Waals surface area (Å²) in [6.45, 7) is 5.28. The SMILES string of the molecule is Cc1cc(NC(=O)[C@@H](NS(=O)(=O)c2ccc3c(c2)CCCC3)C(C)C)no1. The van der Waals surface area contributed by atoms with Gasteiger partial charge in [0.05, 0.1) is 4.90 Å². The van der Waals surface area contributed by atoms with Crippen LogP contribution in [0.4, 0.5) is 5.82 Å². The number of aromatic nitrogens is 1. The fraction of sp³-hybridized carbons (Fsp3) is 0.474. The van der Waals surface area contributed by atoms with Gasteiger partial charge >= 0.3 is 0 Å². The van der Waals surface area contributed by atoms with Crippen molar-refractivity contribution in [2.24, 2.45) is 5.92 Å². The number of fused-ring (bicyclic) bond motifs is 1. The summed E-state index contributed by atoms with van der Waals surface area (Å²) in [6.07, 6.45) is 4.07. The Morgan fingerprint density at radius 3 is 2.48 bits per heavy atom. The second-order valence-corrected chi connectivity index (χ2v) is 9.01. The zero-order valence-corrected chi connectivity index (χ0v) is 16.6. The van der Waals surface area contributed by atoms with Gasteiger partial charge in [-0.3, -0.25) is 4.79 Å². The molecular formula is C19H25N3O4S. The van der Waals surface area contributed by atoms with Crippen molar-refractivity contribution in [2.45, 2.75) is 57.4 Å². The van der Waals surface area contributed by atoms with E-state index >= 15 is 0 Å². The van der Waals surface area contributed by atoms with Gasteiger partial charge in [-0.2, -0.15) is 4.72 Å². The molecule has 1 atom stereocenters. The summed E-state index contributed by atoms with van der Waals surface area (Å²) in [6, 6.07) is 5.87. The Kier molecular flexibility index (Phi) is 5.67. The monoisotopic (exact) mass is 391 g/mol. The van der Waals surface area contributed by atoms with Crippen LogP contribution in [-0.4, -0.2) is 25.5 Å². The molecule has 8 heteroatoms. The lowest BCUT2D eigenvalue weighted by molar-refractivity contribution is -0.118. The second-order valence-electron chi connectivity index (χ2n) is 7.29. The van der Waals surface area contributed by atoms with Crippen molar-refractivity contribution in [3.05, 3.63) is 41.2 Å². The van der Waals surface area contributed by atoms with Gasteiger partial charge in [-0.05, 0) is 61.8 Å². The normalized spacial score (nSPS) is 15.4. The highest BCUT2D eigenvalue weighted by atomic mass is 32.2. The van der Waals surface area contributed by atoms with Crippen molar-refractivity contribution in [3.8, 4) is 0 Å². The van der Waals surface area contributed by atoms with E-state index in [4.69, 9.17) is 4.52 Å². The highest BCUT2D eigenvalue weighted by Gasteiger charge is 2.29. The fourth-order valence-corrected chi connectivity index (χ4v) is 4.63. The minimum absolute atomic E-state index is 0.193. The third kappa shape index (κ3) is 4.56. The van der Waals surface area contributed by atoms with E-state index in [0.29, 0.717) is 5.76 Å². The first-order valence-electron chi connectivity index (χ1n) is 9.14. The molecular weight excluding hydrogens is 366 g/mol. The molecule has 0 radical (unpaired) electrons. The summed E-state index contributed by atoms with van der Waals surface area (Å²) in [5.41, 5.74) is 2.28. The molecule has 7 nitrogen and oxygen atoms in total. The minimum atomic E-state index is -3.82. The number of hydrogen-bond acceptors (Lipinski definition) is 5. The van der Waals surface area contributed by atoms with Crippen LogP contribution in [0.15, 0.2) is 33.7 Å². The smallest absolute Gasteiger partial charge is 0.244 e. The fourth-order valence-electron chi connectivity index (χ4n) is 3.23. The van der Waals surface area contributed by atoms with Crippen molar-refractivity contribution >= 4 is 21.7 Å². The number of carbonyl (C=O) groups excluding carboxylic acids is 1. The average molecular weight is 391 g/mol. The summed E-state index contributed by atoms with van der Waals surface area (Å²) in [7, 11) is -3.82. The summed E-state index contributed by atoms with van der Waals surface area (Å²) >= 11 is 0. The van der Waals surface area contributed by atoms with Crippen LogP contribution >= 0.6 is 0 Å². The maximum atomic E-state index is 12.9. The van der Waals surface area contributed by atoms with Gasteiger partial charge in [-0.25, -0.2) is 8.42 Å². The Labute approximate surface area is 159 Å². The van der Waals surface area contributed by atoms with Crippen LogP contribution in [0.1, 0.15) is 43.6 Å². The van der Waals surface area contributed by atoms with Crippen LogP contribution < -0.4 is 10.0 Å².